The van der Waals surface area contributed by atoms with Gasteiger partial charge in [0.2, 0.25) is 30.1 Å². The molecular formula is C62H83LiN6O26S3. The first-order chi connectivity index (χ1) is 44.0. The van der Waals surface area contributed by atoms with Gasteiger partial charge in [0.1, 0.15) is 5.75 Å². The molecule has 1 heterocycles. The van der Waals surface area contributed by atoms with Crippen molar-refractivity contribution in [3.05, 3.63) is 191 Å². The van der Waals surface area contributed by atoms with Crippen LogP contribution in [0.4, 0.5) is 34.1 Å². The molecule has 0 saturated carbocycles. The molecule has 0 amide bonds. The van der Waals surface area contributed by atoms with Gasteiger partial charge in [-0.3, -0.25) is 33.6 Å². The van der Waals surface area contributed by atoms with Gasteiger partial charge >= 0.3 is 54.7 Å². The summed E-state index contributed by atoms with van der Waals surface area (Å²) in [6.45, 7) is 10.8. The Kier molecular flexibility index (Phi) is 43.4. The number of aromatic carboxylic acids is 2. The summed E-state index contributed by atoms with van der Waals surface area (Å²) < 4.78 is 94.6. The van der Waals surface area contributed by atoms with Gasteiger partial charge in [-0.25, -0.2) is 54.0 Å². The second kappa shape index (κ2) is 44.9. The van der Waals surface area contributed by atoms with E-state index in [2.05, 4.69) is 23.7 Å². The van der Waals surface area contributed by atoms with E-state index in [1.807, 2.05) is 6.92 Å². The summed E-state index contributed by atoms with van der Waals surface area (Å²) in [5.74, 6) is -4.66. The number of anilines is 4. The molecule has 0 spiro atoms. The van der Waals surface area contributed by atoms with E-state index >= 15 is 0 Å². The number of aromatic hydroxyl groups is 1. The van der Waals surface area contributed by atoms with E-state index in [1.165, 1.54) is 90.7 Å². The van der Waals surface area contributed by atoms with Gasteiger partial charge in [-0.15, -0.1) is 0 Å². The summed E-state index contributed by atoms with van der Waals surface area (Å²) in [5.41, 5.74) is 11.6. The number of hydrogen-bond donors (Lipinski definition) is 6. The van der Waals surface area contributed by atoms with Crippen LogP contribution in [0.1, 0.15) is 110 Å². The van der Waals surface area contributed by atoms with Gasteiger partial charge in [-0.2, -0.15) is 0 Å². The number of hydrogen-bond acceptors (Lipinski definition) is 25. The van der Waals surface area contributed by atoms with E-state index in [1.54, 1.807) is 76.2 Å². The van der Waals surface area contributed by atoms with Crippen molar-refractivity contribution in [3.8, 4) is 5.75 Å². The van der Waals surface area contributed by atoms with Gasteiger partial charge in [0.25, 0.3) is 11.4 Å². The maximum Gasteiger partial charge on any atom is 1.00 e. The molecule has 1 fully saturated rings. The van der Waals surface area contributed by atoms with Gasteiger partial charge in [0.05, 0.1) is 108 Å². The van der Waals surface area contributed by atoms with Crippen molar-refractivity contribution in [1.29, 1.82) is 0 Å². The number of phenolic OH excluding ortho intramolecular Hbond substituents is 1. The SMILES string of the molecule is C.C1CCOC1.CO.COC(=O)c1cc(C)cc(N(C)S(C)(=O)=O)c1.COC(=O)c1cc(C)cc(N)c1.COC(=O)c1cc(C)cc([N+](=O)[O-])c1.COC(=O)c1cc(O)cc([N+](=O)[O-])c1.Cc1cc(C(=O)O)cc(N(C)S(C)(=O)=O)c1.Cc1cc(NS(C)(=O)=O)cc(C(=O)O)c1.[Li+].[OH-]. The molecule has 0 bridgehead atoms. The van der Waals surface area contributed by atoms with E-state index in [9.17, 15) is 74.2 Å². The largest absolute Gasteiger partial charge is 1.00 e. The molecule has 0 aromatic heterocycles. The van der Waals surface area contributed by atoms with Crippen LogP contribution in [-0.4, -0.2) is 178 Å². The number of nitro groups is 2. The number of ether oxygens (including phenoxy) is 5. The molecule has 98 heavy (non-hydrogen) atoms. The number of carboxylic acid groups (broad SMARTS) is 2. The van der Waals surface area contributed by atoms with E-state index in [0.717, 1.165) is 84.1 Å². The minimum atomic E-state index is -3.38. The monoisotopic (exact) mass is 1430 g/mol. The number of aliphatic hydroxyl groups is 1. The molecule has 8 N–H and O–H groups in total. The van der Waals surface area contributed by atoms with Crippen LogP contribution in [-0.2, 0) is 53.8 Å². The standard InChI is InChI=1S/C11H15NO4S.C10H13NO4S.C9H11NO4S.C9H9NO4.C9H11NO2.C8H7NO5.C4H8O.CH4O.CH4.Li.H2O/c1-8-5-9(11(13)16-3)7-10(6-8)12(2)17(4,14)15;1-7-4-8(10(12)13)6-9(5-7)11(2)16(3,14)15;1-6-3-7(9(11)12)5-8(4-6)10-15(2,13)14;1-6-3-7(9(11)14-2)5-8(4-6)10(12)13;1-6-3-7(9(11)12-2)5-8(10)4-6;1-14-8(11)5-2-6(9(12)13)4-7(10)3-5;1-2-4-5-3-1;1-2;;;/h5-7H,1-4H3;4-6H,1-3H3,(H,12,13);3-5,10H,1-2H3,(H,11,12);3-5H,1-2H3;3-5H,10H2,1-2H3;2-4,10H,1H3;1-4H2;2H,1H3;1H4;;1H2/q;;;;;;;;;+1;/p-1. The van der Waals surface area contributed by atoms with Crippen LogP contribution < -0.4 is 37.9 Å². The summed E-state index contributed by atoms with van der Waals surface area (Å²) >= 11 is 0. The Balaban J connectivity index is -0.000000528. The van der Waals surface area contributed by atoms with Crippen LogP contribution in [0, 0.1) is 54.8 Å². The van der Waals surface area contributed by atoms with E-state index in [4.69, 9.17) is 30.9 Å². The Morgan fingerprint density at radius 3 is 1.13 bits per heavy atom. The number of phenols is 1. The Hall–Kier alpha value is -9.73. The third kappa shape index (κ3) is 35.9. The van der Waals surface area contributed by atoms with Crippen LogP contribution >= 0.6 is 0 Å². The summed E-state index contributed by atoms with van der Waals surface area (Å²) in [6, 6.07) is 25.9. The van der Waals surface area contributed by atoms with Crippen molar-refractivity contribution in [2.75, 3.05) is 101 Å². The van der Waals surface area contributed by atoms with Gasteiger partial charge in [-0.1, -0.05) is 7.43 Å². The molecule has 1 aliphatic rings. The van der Waals surface area contributed by atoms with Crippen molar-refractivity contribution >= 4 is 100 Å². The molecule has 0 atom stereocenters. The molecule has 0 unspecified atom stereocenters. The van der Waals surface area contributed by atoms with Crippen molar-refractivity contribution in [2.45, 2.75) is 54.9 Å². The fourth-order valence-electron chi connectivity index (χ4n) is 7.41. The predicted octanol–water partition coefficient (Wildman–Crippen LogP) is 5.34. The Morgan fingerprint density at radius 1 is 0.500 bits per heavy atom. The fraction of sp³-hybridized carbons (Fsp3) is 0.323. The normalized spacial score (nSPS) is 10.6. The number of nitrogens with one attached hydrogen (secondary N) is 1. The topological polar surface area (TPSA) is 493 Å². The summed E-state index contributed by atoms with van der Waals surface area (Å²) in [5, 5.41) is 54.5. The number of rotatable bonds is 14. The predicted molar refractivity (Wildman–Crippen MR) is 363 cm³/mol. The van der Waals surface area contributed by atoms with Crippen LogP contribution in [0.2, 0.25) is 0 Å². The molecule has 32 nitrogen and oxygen atoms in total. The Bertz CT molecular complexity index is 3940. The van der Waals surface area contributed by atoms with Crippen molar-refractivity contribution in [3.63, 3.8) is 0 Å². The number of nitrogens with zero attached hydrogens (tertiary/aromatic N) is 4. The van der Waals surface area contributed by atoms with Crippen LogP contribution in [0.25, 0.3) is 0 Å². The molecular weight excluding hydrogens is 1350 g/mol. The third-order valence-electron chi connectivity index (χ3n) is 11.7. The minimum Gasteiger partial charge on any atom is -0.870 e. The molecule has 0 radical (unpaired) electrons. The first kappa shape index (κ1) is 94.7. The number of nitrogens with two attached hydrogens (primary N) is 1. The van der Waals surface area contributed by atoms with Crippen LogP contribution in [0.5, 0.6) is 5.75 Å². The van der Waals surface area contributed by atoms with Crippen molar-refractivity contribution < 1.29 is 132 Å². The number of benzene rings is 6. The number of nitrogen functional groups attached to an aromatic ring is 1. The zero-order valence-electron chi connectivity index (χ0n) is 56.1. The molecule has 1 aliphatic heterocycles. The number of methoxy groups -OCH3 is 4. The maximum absolute atomic E-state index is 11.4. The second-order valence-electron chi connectivity index (χ2n) is 19.9. The fourth-order valence-corrected chi connectivity index (χ4v) is 8.93. The molecule has 7 rings (SSSR count). The minimum absolute atomic E-state index is 0. The number of nitro benzene ring substituents is 2. The zero-order chi connectivity index (χ0) is 73.5. The van der Waals surface area contributed by atoms with Crippen molar-refractivity contribution in [2.24, 2.45) is 0 Å². The Labute approximate surface area is 581 Å². The molecule has 0 aliphatic carbocycles. The number of carbonyl (C=O) groups is 6. The molecule has 1 saturated heterocycles. The molecule has 6 aromatic carbocycles. The maximum atomic E-state index is 11.4. The third-order valence-corrected chi connectivity index (χ3v) is 14.7. The first-order valence-electron chi connectivity index (χ1n) is 27.1. The number of carbonyl (C=O) groups excluding carboxylic acids is 4. The number of aryl methyl sites for hydroxylation is 5. The average Bonchev–Trinajstić information content (AvgIpc) is 0.858. The van der Waals surface area contributed by atoms with E-state index in [-0.39, 0.29) is 82.8 Å². The zero-order valence-corrected chi connectivity index (χ0v) is 58.6. The van der Waals surface area contributed by atoms with Crippen LogP contribution in [0.15, 0.2) is 109 Å². The Morgan fingerprint density at radius 2 is 0.806 bits per heavy atom. The average molecular weight is 1430 g/mol. The molecule has 536 valence electrons. The summed E-state index contributed by atoms with van der Waals surface area (Å²) in [6.07, 6.45) is 5.73. The van der Waals surface area contributed by atoms with E-state index < -0.39 is 69.8 Å². The van der Waals surface area contributed by atoms with E-state index in [0.29, 0.717) is 44.9 Å². The van der Waals surface area contributed by atoms with Gasteiger partial charge in [-0.05, 0) is 160 Å². The number of esters is 4. The number of sulfonamides is 3. The molecule has 36 heteroatoms. The van der Waals surface area contributed by atoms with Crippen molar-refractivity contribution in [1.82, 2.24) is 0 Å². The molecule has 6 aromatic rings. The number of carboxylic acids is 2. The van der Waals surface area contributed by atoms with Crippen LogP contribution in [0.3, 0.4) is 0 Å². The number of non-ortho nitro benzene ring substituents is 2. The van der Waals surface area contributed by atoms with Gasteiger partial charge < -0.3 is 55.3 Å². The smallest absolute Gasteiger partial charge is 0.870 e. The second-order valence-corrected chi connectivity index (χ2v) is 25.7. The quantitative estimate of drug-likeness (QED) is 0.0200. The van der Waals surface area contributed by atoms with Gasteiger partial charge in [0, 0.05) is 64.0 Å². The summed E-state index contributed by atoms with van der Waals surface area (Å²) in [4.78, 5) is 85.6. The number of aliphatic hydroxyl groups excluding tert-OH is 1. The summed E-state index contributed by atoms with van der Waals surface area (Å²) in [7, 11) is -1.26. The first-order valence-corrected chi connectivity index (χ1v) is 32.7. The van der Waals surface area contributed by atoms with Gasteiger partial charge in [0.15, 0.2) is 0 Å².